The van der Waals surface area contributed by atoms with E-state index < -0.39 is 11.0 Å². The molecule has 1 N–H and O–H groups in total. The Morgan fingerprint density at radius 1 is 1.62 bits per heavy atom. The Labute approximate surface area is 73.7 Å². The zero-order valence-corrected chi connectivity index (χ0v) is 6.61. The molecular weight excluding hydrogens is 177 g/mol. The zero-order valence-electron chi connectivity index (χ0n) is 6.61. The SMILES string of the molecule is O=CCc1ccc(N([O-])O)cc1F. The van der Waals surface area contributed by atoms with Crippen LogP contribution < -0.4 is 5.23 Å². The lowest BCUT2D eigenvalue weighted by molar-refractivity contribution is -0.107. The third-order valence-electron chi connectivity index (χ3n) is 1.56. The van der Waals surface area contributed by atoms with Crippen molar-refractivity contribution in [3.8, 4) is 0 Å². The molecule has 13 heavy (non-hydrogen) atoms. The van der Waals surface area contributed by atoms with E-state index in [4.69, 9.17) is 5.21 Å². The molecule has 0 heterocycles. The Bertz CT molecular complexity index is 314. The molecule has 0 unspecified atom stereocenters. The van der Waals surface area contributed by atoms with Gasteiger partial charge in [0.2, 0.25) is 0 Å². The normalized spacial score (nSPS) is 9.77. The lowest BCUT2D eigenvalue weighted by Gasteiger charge is -2.21. The van der Waals surface area contributed by atoms with Gasteiger partial charge in [0.05, 0.1) is 5.69 Å². The highest BCUT2D eigenvalue weighted by molar-refractivity contribution is 5.57. The standard InChI is InChI=1S/C8H7FNO3/c9-8-5-7(10(12)13)2-1-6(8)3-4-11/h1-2,4-5,12H,3H2/q-1. The summed E-state index contributed by atoms with van der Waals surface area (Å²) in [6.45, 7) is 0. The highest BCUT2D eigenvalue weighted by Gasteiger charge is 2.02. The van der Waals surface area contributed by atoms with Crippen LogP contribution in [0.1, 0.15) is 5.56 Å². The van der Waals surface area contributed by atoms with Gasteiger partial charge in [-0.25, -0.2) is 4.39 Å². The van der Waals surface area contributed by atoms with Crippen molar-refractivity contribution in [2.24, 2.45) is 0 Å². The van der Waals surface area contributed by atoms with E-state index in [1.807, 2.05) is 0 Å². The van der Waals surface area contributed by atoms with Gasteiger partial charge < -0.3 is 15.2 Å². The molecule has 0 saturated carbocycles. The molecule has 4 nitrogen and oxygen atoms in total. The van der Waals surface area contributed by atoms with E-state index in [1.165, 1.54) is 12.1 Å². The van der Waals surface area contributed by atoms with Gasteiger partial charge in [-0.15, -0.1) is 0 Å². The van der Waals surface area contributed by atoms with Gasteiger partial charge in [-0.3, -0.25) is 5.21 Å². The minimum absolute atomic E-state index is 0.0452. The van der Waals surface area contributed by atoms with Crippen LogP contribution in [0, 0.1) is 11.0 Å². The van der Waals surface area contributed by atoms with Crippen LogP contribution in [0.15, 0.2) is 18.2 Å². The van der Waals surface area contributed by atoms with Gasteiger partial charge in [0.15, 0.2) is 0 Å². The molecule has 0 atom stereocenters. The van der Waals surface area contributed by atoms with Crippen molar-refractivity contribution in [2.75, 3.05) is 5.23 Å². The summed E-state index contributed by atoms with van der Waals surface area (Å²) in [5.41, 5.74) is -0.00671. The highest BCUT2D eigenvalue weighted by atomic mass is 19.1. The summed E-state index contributed by atoms with van der Waals surface area (Å²) in [5, 5.41) is 18.3. The van der Waals surface area contributed by atoms with Crippen molar-refractivity contribution in [2.45, 2.75) is 6.42 Å². The van der Waals surface area contributed by atoms with E-state index >= 15 is 0 Å². The third kappa shape index (κ3) is 2.24. The summed E-state index contributed by atoms with van der Waals surface area (Å²) < 4.78 is 13.0. The first kappa shape index (κ1) is 9.63. The molecule has 0 radical (unpaired) electrons. The molecule has 70 valence electrons. The Balaban J connectivity index is 2.98. The minimum Gasteiger partial charge on any atom is -0.733 e. The number of carbonyl (C=O) groups is 1. The molecule has 0 aromatic heterocycles. The topological polar surface area (TPSA) is 63.6 Å². The number of aldehydes is 1. The molecule has 0 aliphatic rings. The summed E-state index contributed by atoms with van der Waals surface area (Å²) in [4.78, 5) is 10.1. The molecule has 0 amide bonds. The predicted molar refractivity (Wildman–Crippen MR) is 43.8 cm³/mol. The monoisotopic (exact) mass is 184 g/mol. The van der Waals surface area contributed by atoms with Gasteiger partial charge in [0.1, 0.15) is 12.1 Å². The summed E-state index contributed by atoms with van der Waals surface area (Å²) in [5.74, 6) is -0.681. The second-order valence-corrected chi connectivity index (χ2v) is 2.42. The van der Waals surface area contributed by atoms with Gasteiger partial charge in [-0.2, -0.15) is 0 Å². The smallest absolute Gasteiger partial charge is 0.128 e. The fraction of sp³-hybridized carbons (Fsp3) is 0.125. The van der Waals surface area contributed by atoms with E-state index in [0.717, 1.165) is 6.07 Å². The van der Waals surface area contributed by atoms with Crippen molar-refractivity contribution < 1.29 is 14.4 Å². The first-order valence-electron chi connectivity index (χ1n) is 3.53. The molecule has 1 aromatic rings. The summed E-state index contributed by atoms with van der Waals surface area (Å²) in [7, 11) is 0. The van der Waals surface area contributed by atoms with Crippen molar-refractivity contribution in [1.29, 1.82) is 0 Å². The molecule has 0 bridgehead atoms. The molecular formula is C8H7FNO3-. The average molecular weight is 184 g/mol. The molecule has 0 aliphatic heterocycles. The second-order valence-electron chi connectivity index (χ2n) is 2.42. The number of hydrogen-bond acceptors (Lipinski definition) is 4. The molecule has 1 rings (SSSR count). The van der Waals surface area contributed by atoms with Crippen molar-refractivity contribution >= 4 is 12.0 Å². The van der Waals surface area contributed by atoms with Crippen LogP contribution in [0.3, 0.4) is 0 Å². The van der Waals surface area contributed by atoms with Crippen molar-refractivity contribution in [3.05, 3.63) is 34.8 Å². The lowest BCUT2D eigenvalue weighted by Crippen LogP contribution is -2.07. The first-order valence-corrected chi connectivity index (χ1v) is 3.53. The van der Waals surface area contributed by atoms with Crippen LogP contribution in [-0.4, -0.2) is 11.5 Å². The molecule has 5 heteroatoms. The second kappa shape index (κ2) is 3.97. The number of carbonyl (C=O) groups excluding carboxylic acids is 1. The van der Waals surface area contributed by atoms with Gasteiger partial charge in [0.25, 0.3) is 0 Å². The number of nitrogens with zero attached hydrogens (tertiary/aromatic N) is 1. The van der Waals surface area contributed by atoms with Crippen molar-refractivity contribution in [1.82, 2.24) is 0 Å². The molecule has 1 aromatic carbocycles. The van der Waals surface area contributed by atoms with Crippen LogP contribution in [0.4, 0.5) is 10.1 Å². The van der Waals surface area contributed by atoms with Crippen LogP contribution in [-0.2, 0) is 11.2 Å². The fourth-order valence-corrected chi connectivity index (χ4v) is 0.911. The maximum absolute atomic E-state index is 13.0. The van der Waals surface area contributed by atoms with E-state index in [-0.39, 0.29) is 17.7 Å². The maximum Gasteiger partial charge on any atom is 0.128 e. The van der Waals surface area contributed by atoms with Crippen molar-refractivity contribution in [3.63, 3.8) is 0 Å². The molecule has 0 spiro atoms. The van der Waals surface area contributed by atoms with Crippen LogP contribution >= 0.6 is 0 Å². The van der Waals surface area contributed by atoms with Crippen LogP contribution in [0.2, 0.25) is 0 Å². The number of hydrogen-bond donors (Lipinski definition) is 1. The predicted octanol–water partition coefficient (Wildman–Crippen LogP) is 1.26. The Hall–Kier alpha value is -1.46. The quantitative estimate of drug-likeness (QED) is 0.567. The number of rotatable bonds is 3. The number of anilines is 1. The van der Waals surface area contributed by atoms with Gasteiger partial charge in [-0.1, -0.05) is 6.07 Å². The molecule has 0 fully saturated rings. The highest BCUT2D eigenvalue weighted by Crippen LogP contribution is 2.16. The first-order chi connectivity index (χ1) is 6.15. The zero-order chi connectivity index (χ0) is 9.84. The van der Waals surface area contributed by atoms with Crippen LogP contribution in [0.25, 0.3) is 0 Å². The molecule has 0 aliphatic carbocycles. The number of benzene rings is 1. The molecule has 0 saturated heterocycles. The van der Waals surface area contributed by atoms with E-state index in [9.17, 15) is 14.4 Å². The largest absolute Gasteiger partial charge is 0.733 e. The summed E-state index contributed by atoms with van der Waals surface area (Å²) in [6, 6.07) is 3.38. The minimum atomic E-state index is -0.681. The summed E-state index contributed by atoms with van der Waals surface area (Å²) in [6.07, 6.45) is 0.516. The number of halogens is 1. The van der Waals surface area contributed by atoms with E-state index in [1.54, 1.807) is 0 Å². The van der Waals surface area contributed by atoms with Gasteiger partial charge >= 0.3 is 0 Å². The van der Waals surface area contributed by atoms with E-state index in [0.29, 0.717) is 6.29 Å². The summed E-state index contributed by atoms with van der Waals surface area (Å²) >= 11 is 0. The average Bonchev–Trinajstić information content (AvgIpc) is 2.08. The maximum atomic E-state index is 13.0. The fourth-order valence-electron chi connectivity index (χ4n) is 0.911. The third-order valence-corrected chi connectivity index (χ3v) is 1.56. The Kier molecular flexibility index (Phi) is 2.94. The van der Waals surface area contributed by atoms with Crippen LogP contribution in [0.5, 0.6) is 0 Å². The van der Waals surface area contributed by atoms with Gasteiger partial charge in [0, 0.05) is 6.42 Å². The van der Waals surface area contributed by atoms with Gasteiger partial charge in [-0.05, 0) is 17.7 Å². The van der Waals surface area contributed by atoms with E-state index in [2.05, 4.69) is 0 Å². The Morgan fingerprint density at radius 2 is 2.31 bits per heavy atom. The lowest BCUT2D eigenvalue weighted by atomic mass is 10.1. The Morgan fingerprint density at radius 3 is 2.77 bits per heavy atom.